The van der Waals surface area contributed by atoms with Gasteiger partial charge < -0.3 is 25.9 Å². The third-order valence-electron chi connectivity index (χ3n) is 11.2. The van der Waals surface area contributed by atoms with Crippen LogP contribution in [0.15, 0.2) is 85.5 Å². The number of nitrogens with one attached hydrogen (secondary N) is 6. The van der Waals surface area contributed by atoms with Gasteiger partial charge in [0.25, 0.3) is 0 Å². The first-order valence-electron chi connectivity index (χ1n) is 19.8. The van der Waals surface area contributed by atoms with Crippen LogP contribution >= 0.6 is 11.6 Å². The minimum Gasteiger partial charge on any atom is -0.360 e. The van der Waals surface area contributed by atoms with Gasteiger partial charge in [-0.2, -0.15) is 5.10 Å². The van der Waals surface area contributed by atoms with Gasteiger partial charge in [0.1, 0.15) is 23.2 Å². The molecule has 0 aliphatic carbocycles. The number of benzene rings is 3. The summed E-state index contributed by atoms with van der Waals surface area (Å²) in [7, 11) is 0. The van der Waals surface area contributed by atoms with Crippen LogP contribution in [-0.4, -0.2) is 88.2 Å². The normalized spacial score (nSPS) is 17.5. The molecule has 298 valence electrons. The molecule has 13 nitrogen and oxygen atoms in total. The number of para-hydroxylation sites is 1. The number of imidazole rings is 1. The van der Waals surface area contributed by atoms with Crippen molar-refractivity contribution in [3.8, 4) is 45.0 Å². The number of aromatic nitrogens is 9. The Labute approximate surface area is 342 Å². The lowest BCUT2D eigenvalue weighted by Gasteiger charge is -2.32. The number of rotatable bonds is 10. The fourth-order valence-corrected chi connectivity index (χ4v) is 8.48. The summed E-state index contributed by atoms with van der Waals surface area (Å²) < 4.78 is 32.1. The monoisotopic (exact) mass is 811 g/mol. The van der Waals surface area contributed by atoms with Gasteiger partial charge in [0.15, 0.2) is 0 Å². The van der Waals surface area contributed by atoms with Crippen LogP contribution in [-0.2, 0) is 6.54 Å². The van der Waals surface area contributed by atoms with Crippen molar-refractivity contribution in [3.63, 3.8) is 0 Å². The van der Waals surface area contributed by atoms with E-state index in [0.29, 0.717) is 68.5 Å². The molecule has 10 rings (SSSR count). The number of piperidine rings is 2. The van der Waals surface area contributed by atoms with E-state index in [1.807, 2.05) is 30.5 Å². The Morgan fingerprint density at radius 3 is 2.59 bits per heavy atom. The zero-order valence-electron chi connectivity index (χ0n) is 31.9. The molecule has 2 unspecified atom stereocenters. The summed E-state index contributed by atoms with van der Waals surface area (Å²) in [5.41, 5.74) is 5.29. The molecule has 6 N–H and O–H groups in total. The third kappa shape index (κ3) is 7.48. The Balaban J connectivity index is 0.849. The smallest absolute Gasteiger partial charge is 0.223 e. The van der Waals surface area contributed by atoms with Crippen LogP contribution < -0.4 is 16.0 Å². The average Bonchev–Trinajstić information content (AvgIpc) is 4.01. The van der Waals surface area contributed by atoms with Crippen LogP contribution in [0.4, 0.5) is 20.7 Å². The second-order valence-electron chi connectivity index (χ2n) is 15.2. The van der Waals surface area contributed by atoms with Crippen LogP contribution in [0.2, 0.25) is 5.02 Å². The summed E-state index contributed by atoms with van der Waals surface area (Å²) in [4.78, 5) is 32.0. The summed E-state index contributed by atoms with van der Waals surface area (Å²) in [6.07, 6.45) is 10.9. The van der Waals surface area contributed by atoms with E-state index in [1.165, 1.54) is 12.1 Å². The highest BCUT2D eigenvalue weighted by molar-refractivity contribution is 6.33. The van der Waals surface area contributed by atoms with E-state index < -0.39 is 11.6 Å². The number of anilines is 2. The zero-order valence-corrected chi connectivity index (χ0v) is 32.6. The van der Waals surface area contributed by atoms with Crippen LogP contribution in [0.1, 0.15) is 31.5 Å². The van der Waals surface area contributed by atoms with Gasteiger partial charge in [0, 0.05) is 71.2 Å². The number of halogens is 3. The van der Waals surface area contributed by atoms with Gasteiger partial charge >= 0.3 is 0 Å². The molecule has 0 amide bonds. The summed E-state index contributed by atoms with van der Waals surface area (Å²) >= 11 is 6.58. The van der Waals surface area contributed by atoms with E-state index in [9.17, 15) is 0 Å². The second kappa shape index (κ2) is 15.8. The summed E-state index contributed by atoms with van der Waals surface area (Å²) in [5, 5.41) is 20.1. The van der Waals surface area contributed by atoms with Crippen molar-refractivity contribution in [1.82, 2.24) is 55.3 Å². The van der Waals surface area contributed by atoms with Crippen molar-refractivity contribution in [1.29, 1.82) is 0 Å². The molecule has 5 aromatic heterocycles. The quantitative estimate of drug-likeness (QED) is 0.0794. The number of hydrogen-bond acceptors (Lipinski definition) is 10. The van der Waals surface area contributed by atoms with E-state index in [-0.39, 0.29) is 23.2 Å². The van der Waals surface area contributed by atoms with E-state index in [4.69, 9.17) is 26.6 Å². The SMILES string of the molecule is Fc1ccc(-c2c[nH]c(CN3CCCC(Nc4ncc(Cl)c(-c5c[nH]c6ccccc56)n4)C3)n2)c(F)c1-c1ccc2[nH]nc(-c3ccnc(NC4CCCNC4)n3)c2c1. The molecule has 2 saturated heterocycles. The lowest BCUT2D eigenvalue weighted by molar-refractivity contribution is 0.204. The fraction of sp³-hybridized carbons (Fsp3) is 0.256. The maximum atomic E-state index is 16.5. The van der Waals surface area contributed by atoms with Crippen molar-refractivity contribution in [2.24, 2.45) is 0 Å². The molecule has 3 aromatic carbocycles. The molecule has 2 fully saturated rings. The van der Waals surface area contributed by atoms with Crippen molar-refractivity contribution in [3.05, 3.63) is 108 Å². The Kier molecular flexibility index (Phi) is 9.92. The van der Waals surface area contributed by atoms with E-state index in [2.05, 4.69) is 51.0 Å². The summed E-state index contributed by atoms with van der Waals surface area (Å²) in [6.45, 7) is 3.96. The largest absolute Gasteiger partial charge is 0.360 e. The molecule has 2 atom stereocenters. The predicted molar refractivity (Wildman–Crippen MR) is 226 cm³/mol. The number of hydrogen-bond donors (Lipinski definition) is 6. The van der Waals surface area contributed by atoms with Gasteiger partial charge in [-0.1, -0.05) is 35.9 Å². The molecule has 2 aliphatic heterocycles. The summed E-state index contributed by atoms with van der Waals surface area (Å²) in [5.74, 6) is 0.326. The Hall–Kier alpha value is -6.29. The van der Waals surface area contributed by atoms with Gasteiger partial charge in [-0.25, -0.2) is 33.7 Å². The van der Waals surface area contributed by atoms with Gasteiger partial charge in [-0.3, -0.25) is 10.00 Å². The Morgan fingerprint density at radius 1 is 0.797 bits per heavy atom. The van der Waals surface area contributed by atoms with Crippen molar-refractivity contribution in [2.45, 2.75) is 44.3 Å². The van der Waals surface area contributed by atoms with Gasteiger partial charge in [-0.05, 0) is 80.7 Å². The van der Waals surface area contributed by atoms with Crippen molar-refractivity contribution >= 4 is 45.3 Å². The lowest BCUT2D eigenvalue weighted by Crippen LogP contribution is -2.42. The maximum Gasteiger partial charge on any atom is 0.223 e. The number of aromatic amines is 3. The highest BCUT2D eigenvalue weighted by Crippen LogP contribution is 2.37. The van der Waals surface area contributed by atoms with E-state index in [0.717, 1.165) is 68.3 Å². The van der Waals surface area contributed by atoms with E-state index >= 15 is 8.78 Å². The Bertz CT molecular complexity index is 2790. The zero-order chi connectivity index (χ0) is 39.9. The van der Waals surface area contributed by atoms with Gasteiger partial charge in [0.2, 0.25) is 11.9 Å². The van der Waals surface area contributed by atoms with Crippen LogP contribution in [0.3, 0.4) is 0 Å². The van der Waals surface area contributed by atoms with Crippen molar-refractivity contribution < 1.29 is 8.78 Å². The van der Waals surface area contributed by atoms with Crippen molar-refractivity contribution in [2.75, 3.05) is 36.8 Å². The molecule has 0 radical (unpaired) electrons. The molecule has 16 heteroatoms. The minimum atomic E-state index is -0.695. The first kappa shape index (κ1) is 37.0. The number of nitrogens with zero attached hydrogens (tertiary/aromatic N) is 7. The van der Waals surface area contributed by atoms with Gasteiger partial charge in [-0.15, -0.1) is 0 Å². The molecule has 59 heavy (non-hydrogen) atoms. The first-order chi connectivity index (χ1) is 28.9. The maximum absolute atomic E-state index is 16.5. The highest BCUT2D eigenvalue weighted by Gasteiger charge is 2.24. The minimum absolute atomic E-state index is 0.0903. The van der Waals surface area contributed by atoms with Crippen LogP contribution in [0, 0.1) is 11.6 Å². The molecule has 0 spiro atoms. The van der Waals surface area contributed by atoms with Crippen LogP contribution in [0.25, 0.3) is 66.8 Å². The predicted octanol–water partition coefficient (Wildman–Crippen LogP) is 8.19. The number of H-pyrrole nitrogens is 3. The molecular formula is C43H40ClF2N13. The molecule has 7 heterocycles. The lowest BCUT2D eigenvalue weighted by atomic mass is 9.98. The Morgan fingerprint density at radius 2 is 1.68 bits per heavy atom. The number of likely N-dealkylation sites (tertiary alicyclic amines) is 1. The van der Waals surface area contributed by atoms with E-state index in [1.54, 1.807) is 42.9 Å². The molecule has 0 saturated carbocycles. The molecule has 2 aliphatic rings. The topological polar surface area (TPSA) is 164 Å². The molecular weight excluding hydrogens is 772 g/mol. The highest BCUT2D eigenvalue weighted by atomic mass is 35.5. The molecule has 0 bridgehead atoms. The first-order valence-corrected chi connectivity index (χ1v) is 20.2. The second-order valence-corrected chi connectivity index (χ2v) is 15.6. The van der Waals surface area contributed by atoms with Gasteiger partial charge in [0.05, 0.1) is 45.9 Å². The molecule has 8 aromatic rings. The number of fused-ring (bicyclic) bond motifs is 2. The average molecular weight is 812 g/mol. The standard InChI is InChI=1S/C43H40ClF2N13/c44-31-20-51-43(56-40(31)30-19-49-33-8-2-1-7-27(30)33)53-26-6-4-16-59(22-26)23-37-50-21-36(54-37)28-10-11-32(45)38(39(28)46)24-9-12-34-29(17-24)41(58-57-34)35-13-15-48-42(55-35)52-25-5-3-14-47-18-25/h1-2,7-13,15,17,19-21,25-26,47,49H,3-6,14,16,18,22-23H2,(H,50,54)(H,57,58)(H,48,52,55)(H,51,53,56). The fourth-order valence-electron chi connectivity index (χ4n) is 8.28. The third-order valence-corrected chi connectivity index (χ3v) is 11.5. The van der Waals surface area contributed by atoms with Crippen LogP contribution in [0.5, 0.6) is 0 Å². The summed E-state index contributed by atoms with van der Waals surface area (Å²) in [6, 6.07) is 18.1.